The zero-order valence-electron chi connectivity index (χ0n) is 12.7. The normalized spacial score (nSPS) is 10.2. The number of carbonyl (C=O) groups is 1. The summed E-state index contributed by atoms with van der Waals surface area (Å²) in [6.45, 7) is 0.888. The Balaban J connectivity index is 2.53. The fourth-order valence-corrected chi connectivity index (χ4v) is 2.40. The molecule has 0 radical (unpaired) electrons. The van der Waals surface area contributed by atoms with Gasteiger partial charge in [0.2, 0.25) is 0 Å². The van der Waals surface area contributed by atoms with Crippen LogP contribution >= 0.6 is 0 Å². The standard InChI is InChI=1S/C16H13N3O5/c1-10-6-13(7-11-2-4-12(8-17)5-3-11)15(19(23)24)16(22)18(10)9-14(20)21/h2-6H,7,9H2,1H3,(H,20,21). The predicted molar refractivity (Wildman–Crippen MR) is 83.7 cm³/mol. The van der Waals surface area contributed by atoms with Crippen LogP contribution < -0.4 is 5.56 Å². The van der Waals surface area contributed by atoms with Gasteiger partial charge in [-0.25, -0.2) is 0 Å². The highest BCUT2D eigenvalue weighted by atomic mass is 16.6. The summed E-state index contributed by atoms with van der Waals surface area (Å²) < 4.78 is 0.864. The minimum absolute atomic E-state index is 0.131. The fraction of sp³-hybridized carbons (Fsp3) is 0.188. The van der Waals surface area contributed by atoms with E-state index in [4.69, 9.17) is 10.4 Å². The third-order valence-corrected chi connectivity index (χ3v) is 3.51. The van der Waals surface area contributed by atoms with Gasteiger partial charge in [-0.2, -0.15) is 5.26 Å². The lowest BCUT2D eigenvalue weighted by molar-refractivity contribution is -0.387. The van der Waals surface area contributed by atoms with Crippen LogP contribution in [0.15, 0.2) is 35.1 Å². The Labute approximate surface area is 136 Å². The van der Waals surface area contributed by atoms with Crippen molar-refractivity contribution in [3.05, 3.63) is 73.2 Å². The third-order valence-electron chi connectivity index (χ3n) is 3.51. The second-order valence-electron chi connectivity index (χ2n) is 5.19. The van der Waals surface area contributed by atoms with Gasteiger partial charge in [0.05, 0.1) is 16.6 Å². The quantitative estimate of drug-likeness (QED) is 0.656. The Hall–Kier alpha value is -3.47. The summed E-state index contributed by atoms with van der Waals surface area (Å²) in [6, 6.07) is 9.89. The number of aliphatic carboxylic acids is 1. The minimum Gasteiger partial charge on any atom is -0.480 e. The molecule has 0 saturated carbocycles. The monoisotopic (exact) mass is 327 g/mol. The highest BCUT2D eigenvalue weighted by Crippen LogP contribution is 2.20. The zero-order valence-corrected chi connectivity index (χ0v) is 12.7. The predicted octanol–water partition coefficient (Wildman–Crippen LogP) is 1.61. The molecule has 1 aromatic heterocycles. The van der Waals surface area contributed by atoms with Gasteiger partial charge in [-0.15, -0.1) is 0 Å². The molecule has 0 unspecified atom stereocenters. The number of hydrogen-bond donors (Lipinski definition) is 1. The molecule has 0 aliphatic carbocycles. The van der Waals surface area contributed by atoms with E-state index < -0.39 is 28.7 Å². The van der Waals surface area contributed by atoms with E-state index in [1.807, 2.05) is 6.07 Å². The Morgan fingerprint density at radius 3 is 2.50 bits per heavy atom. The highest BCUT2D eigenvalue weighted by molar-refractivity contribution is 5.66. The first-order chi connectivity index (χ1) is 11.3. The second-order valence-corrected chi connectivity index (χ2v) is 5.19. The van der Waals surface area contributed by atoms with Gasteiger partial charge in [-0.3, -0.25) is 24.3 Å². The molecular formula is C16H13N3O5. The Morgan fingerprint density at radius 1 is 1.38 bits per heavy atom. The number of nitrogens with zero attached hydrogens (tertiary/aromatic N) is 3. The van der Waals surface area contributed by atoms with Gasteiger partial charge in [-0.1, -0.05) is 12.1 Å². The molecule has 0 atom stereocenters. The lowest BCUT2D eigenvalue weighted by atomic mass is 10.0. The van der Waals surface area contributed by atoms with Crippen LogP contribution in [-0.4, -0.2) is 20.6 Å². The number of aromatic nitrogens is 1. The number of rotatable bonds is 5. The van der Waals surface area contributed by atoms with E-state index in [1.165, 1.54) is 13.0 Å². The molecule has 1 aromatic carbocycles. The van der Waals surface area contributed by atoms with Crippen LogP contribution in [-0.2, 0) is 17.8 Å². The van der Waals surface area contributed by atoms with Gasteiger partial charge < -0.3 is 5.11 Å². The number of aryl methyl sites for hydroxylation is 1. The first-order valence-electron chi connectivity index (χ1n) is 6.92. The van der Waals surface area contributed by atoms with Crippen molar-refractivity contribution in [2.45, 2.75) is 19.9 Å². The maximum atomic E-state index is 12.3. The van der Waals surface area contributed by atoms with E-state index in [2.05, 4.69) is 0 Å². The third kappa shape index (κ3) is 3.47. The molecule has 0 spiro atoms. The number of hydrogen-bond acceptors (Lipinski definition) is 5. The summed E-state index contributed by atoms with van der Waals surface area (Å²) in [4.78, 5) is 33.6. The molecule has 0 bridgehead atoms. The van der Waals surface area contributed by atoms with E-state index >= 15 is 0 Å². The summed E-state index contributed by atoms with van der Waals surface area (Å²) in [6.07, 6.45) is 0.131. The molecule has 24 heavy (non-hydrogen) atoms. The summed E-state index contributed by atoms with van der Waals surface area (Å²) in [7, 11) is 0. The molecule has 0 aliphatic heterocycles. The van der Waals surface area contributed by atoms with Crippen LogP contribution in [0.3, 0.4) is 0 Å². The summed E-state index contributed by atoms with van der Waals surface area (Å²) >= 11 is 0. The first-order valence-corrected chi connectivity index (χ1v) is 6.92. The minimum atomic E-state index is -1.26. The molecular weight excluding hydrogens is 314 g/mol. The van der Waals surface area contributed by atoms with Crippen LogP contribution in [0.4, 0.5) is 5.69 Å². The summed E-state index contributed by atoms with van der Waals surface area (Å²) in [5.74, 6) is -1.26. The lowest BCUT2D eigenvalue weighted by Gasteiger charge is -2.10. The van der Waals surface area contributed by atoms with Crippen molar-refractivity contribution < 1.29 is 14.8 Å². The summed E-state index contributed by atoms with van der Waals surface area (Å²) in [5.41, 5.74) is 0.121. The molecule has 2 aromatic rings. The van der Waals surface area contributed by atoms with Crippen LogP contribution in [0.2, 0.25) is 0 Å². The molecule has 8 heteroatoms. The second kappa shape index (κ2) is 6.75. The molecule has 0 fully saturated rings. The molecule has 0 aliphatic rings. The lowest BCUT2D eigenvalue weighted by Crippen LogP contribution is -2.29. The number of nitro groups is 1. The molecule has 1 N–H and O–H groups in total. The van der Waals surface area contributed by atoms with Gasteiger partial charge in [0.25, 0.3) is 0 Å². The van der Waals surface area contributed by atoms with E-state index in [0.717, 1.165) is 4.57 Å². The topological polar surface area (TPSA) is 126 Å². The van der Waals surface area contributed by atoms with Gasteiger partial charge >= 0.3 is 17.2 Å². The average molecular weight is 327 g/mol. The SMILES string of the molecule is Cc1cc(Cc2ccc(C#N)cc2)c([N+](=O)[O-])c(=O)n1CC(=O)O. The largest absolute Gasteiger partial charge is 0.480 e. The molecule has 1 heterocycles. The average Bonchev–Trinajstić information content (AvgIpc) is 2.51. The first kappa shape index (κ1) is 16.9. The van der Waals surface area contributed by atoms with Crippen LogP contribution in [0.1, 0.15) is 22.4 Å². The van der Waals surface area contributed by atoms with Crippen molar-refractivity contribution in [1.82, 2.24) is 4.57 Å². The number of carboxylic acid groups (broad SMARTS) is 1. The Kier molecular flexibility index (Phi) is 4.75. The maximum absolute atomic E-state index is 12.3. The van der Waals surface area contributed by atoms with Crippen molar-refractivity contribution in [1.29, 1.82) is 5.26 Å². The Morgan fingerprint density at radius 2 is 2.00 bits per heavy atom. The molecule has 122 valence electrons. The smallest absolute Gasteiger partial charge is 0.337 e. The van der Waals surface area contributed by atoms with Crippen molar-refractivity contribution in [3.8, 4) is 6.07 Å². The highest BCUT2D eigenvalue weighted by Gasteiger charge is 2.23. The van der Waals surface area contributed by atoms with E-state index in [9.17, 15) is 19.7 Å². The number of benzene rings is 1. The number of nitriles is 1. The fourth-order valence-electron chi connectivity index (χ4n) is 2.40. The van der Waals surface area contributed by atoms with Crippen LogP contribution in [0, 0.1) is 28.4 Å². The van der Waals surface area contributed by atoms with Crippen molar-refractivity contribution in [3.63, 3.8) is 0 Å². The molecule has 8 nitrogen and oxygen atoms in total. The van der Waals surface area contributed by atoms with Crippen LogP contribution in [0.25, 0.3) is 0 Å². The number of pyridine rings is 1. The number of carboxylic acids is 1. The van der Waals surface area contributed by atoms with Gasteiger partial charge in [0, 0.05) is 17.7 Å². The molecule has 2 rings (SSSR count). The van der Waals surface area contributed by atoms with Crippen molar-refractivity contribution in [2.75, 3.05) is 0 Å². The van der Waals surface area contributed by atoms with E-state index in [-0.39, 0.29) is 12.0 Å². The van der Waals surface area contributed by atoms with E-state index in [1.54, 1.807) is 24.3 Å². The van der Waals surface area contributed by atoms with Crippen LogP contribution in [0.5, 0.6) is 0 Å². The summed E-state index contributed by atoms with van der Waals surface area (Å²) in [5, 5.41) is 28.9. The van der Waals surface area contributed by atoms with Gasteiger partial charge in [-0.05, 0) is 30.7 Å². The van der Waals surface area contributed by atoms with Gasteiger partial charge in [0.1, 0.15) is 6.54 Å². The Bertz CT molecular complexity index is 907. The molecule has 0 saturated heterocycles. The van der Waals surface area contributed by atoms with E-state index in [0.29, 0.717) is 16.8 Å². The van der Waals surface area contributed by atoms with Gasteiger partial charge in [0.15, 0.2) is 0 Å². The zero-order chi connectivity index (χ0) is 17.9. The maximum Gasteiger partial charge on any atom is 0.337 e. The van der Waals surface area contributed by atoms with Crippen molar-refractivity contribution in [2.24, 2.45) is 0 Å². The van der Waals surface area contributed by atoms with Crippen molar-refractivity contribution >= 4 is 11.7 Å². The molecule has 0 amide bonds.